The molecule has 0 aliphatic rings. The summed E-state index contributed by atoms with van der Waals surface area (Å²) < 4.78 is 4.85. The zero-order valence-electron chi connectivity index (χ0n) is 41.9. The van der Waals surface area contributed by atoms with Gasteiger partial charge in [0, 0.05) is 19.3 Å². The minimum Gasteiger partial charge on any atom is -0.481 e. The van der Waals surface area contributed by atoms with Gasteiger partial charge >= 0.3 is 17.9 Å². The number of rotatable bonds is 47. The second-order valence-electron chi connectivity index (χ2n) is 18.0. The molecule has 0 saturated carbocycles. The van der Waals surface area contributed by atoms with Crippen molar-refractivity contribution in [1.29, 1.82) is 0 Å². The lowest BCUT2D eigenvalue weighted by Gasteiger charge is -2.08. The number of aliphatic carboxylic acids is 2. The van der Waals surface area contributed by atoms with Crippen LogP contribution in [-0.2, 0) is 19.1 Å². The van der Waals surface area contributed by atoms with Gasteiger partial charge in [-0.1, -0.05) is 225 Å². The van der Waals surface area contributed by atoms with Crippen LogP contribution >= 0.6 is 0 Å². The maximum Gasteiger partial charge on any atom is 0.305 e. The smallest absolute Gasteiger partial charge is 0.305 e. The number of aliphatic hydroxyl groups excluding tert-OH is 2. The minimum absolute atomic E-state index is 0.103. The van der Waals surface area contributed by atoms with Gasteiger partial charge in [-0.25, -0.2) is 0 Å². The molecule has 4 N–H and O–H groups in total. The van der Waals surface area contributed by atoms with Gasteiger partial charge in [0.1, 0.15) is 12.7 Å². The number of aliphatic hydroxyl groups is 2. The van der Waals surface area contributed by atoms with E-state index in [9.17, 15) is 14.4 Å². The number of ether oxygens (including phenoxy) is 1. The van der Waals surface area contributed by atoms with Crippen LogP contribution in [0.15, 0.2) is 24.3 Å². The average Bonchev–Trinajstić information content (AvgIpc) is 3.27. The second kappa shape index (κ2) is 59.8. The highest BCUT2D eigenvalue weighted by Crippen LogP contribution is 2.14. The fraction of sp³-hybridized carbons (Fsp3) is 0.873. The van der Waals surface area contributed by atoms with Crippen molar-refractivity contribution in [1.82, 2.24) is 0 Å². The zero-order chi connectivity index (χ0) is 47.0. The van der Waals surface area contributed by atoms with Gasteiger partial charge in [0.15, 0.2) is 0 Å². The van der Waals surface area contributed by atoms with Crippen molar-refractivity contribution in [2.75, 3.05) is 13.2 Å². The Morgan fingerprint density at radius 2 is 0.619 bits per heavy atom. The maximum atomic E-state index is 11.3. The first-order valence-electron chi connectivity index (χ1n) is 26.9. The van der Waals surface area contributed by atoms with Crippen LogP contribution in [0.1, 0.15) is 290 Å². The standard InChI is InChI=1S/C19H38O4.2C18H34O2/c1-2-3-4-5-6-7-8-9-10-11-12-13-14-15-19(22)23-17-18(21)16-20;2*1-2-3-4-5-6-7-8-9-10-11-12-13-14-15-16-17-18(19)20/h18,20-21H,2-17H2,1H3;2*9-10H,2-8,11-17H2,1H3,(H,19,20)/b;2*10-9-. The topological polar surface area (TPSA) is 141 Å². The zero-order valence-corrected chi connectivity index (χ0v) is 41.9. The number of carboxylic acid groups (broad SMARTS) is 2. The van der Waals surface area contributed by atoms with Crippen LogP contribution in [0.2, 0.25) is 0 Å². The number of unbranched alkanes of at least 4 members (excludes halogenated alkanes) is 34. The van der Waals surface area contributed by atoms with Gasteiger partial charge in [0.05, 0.1) is 6.61 Å². The van der Waals surface area contributed by atoms with E-state index in [0.29, 0.717) is 19.3 Å². The van der Waals surface area contributed by atoms with E-state index < -0.39 is 18.0 Å². The summed E-state index contributed by atoms with van der Waals surface area (Å²) in [6.45, 7) is 6.30. The lowest BCUT2D eigenvalue weighted by molar-refractivity contribution is -0.147. The van der Waals surface area contributed by atoms with Gasteiger partial charge in [-0.2, -0.15) is 0 Å². The molecule has 1 unspecified atom stereocenters. The van der Waals surface area contributed by atoms with E-state index in [1.807, 2.05) is 0 Å². The van der Waals surface area contributed by atoms with Crippen LogP contribution in [0.4, 0.5) is 0 Å². The fourth-order valence-corrected chi connectivity index (χ4v) is 7.30. The summed E-state index contributed by atoms with van der Waals surface area (Å²) in [6, 6.07) is 0. The van der Waals surface area contributed by atoms with E-state index in [-0.39, 0.29) is 19.2 Å². The minimum atomic E-state index is -0.953. The molecule has 8 heteroatoms. The van der Waals surface area contributed by atoms with E-state index in [2.05, 4.69) is 45.1 Å². The Morgan fingerprint density at radius 1 is 0.381 bits per heavy atom. The third kappa shape index (κ3) is 69.0. The highest BCUT2D eigenvalue weighted by atomic mass is 16.5. The lowest BCUT2D eigenvalue weighted by Crippen LogP contribution is -2.21. The summed E-state index contributed by atoms with van der Waals surface area (Å²) in [5.74, 6) is -1.61. The Balaban J connectivity index is -0.000000860. The van der Waals surface area contributed by atoms with Gasteiger partial charge in [-0.15, -0.1) is 0 Å². The summed E-state index contributed by atoms with van der Waals surface area (Å²) in [6.07, 6.45) is 58.6. The Hall–Kier alpha value is -2.19. The Morgan fingerprint density at radius 3 is 0.873 bits per heavy atom. The van der Waals surface area contributed by atoms with Gasteiger partial charge in [-0.05, 0) is 70.6 Å². The third-order valence-electron chi connectivity index (χ3n) is 11.4. The van der Waals surface area contributed by atoms with E-state index in [4.69, 9.17) is 25.2 Å². The van der Waals surface area contributed by atoms with Crippen molar-refractivity contribution < 1.29 is 39.5 Å². The molecule has 0 rings (SSSR count). The fourth-order valence-electron chi connectivity index (χ4n) is 7.30. The van der Waals surface area contributed by atoms with Gasteiger partial charge < -0.3 is 25.2 Å². The number of carbonyl (C=O) groups excluding carboxylic acids is 1. The Labute approximate surface area is 390 Å². The van der Waals surface area contributed by atoms with E-state index in [0.717, 1.165) is 38.5 Å². The van der Waals surface area contributed by atoms with Crippen molar-refractivity contribution in [3.05, 3.63) is 24.3 Å². The molecular formula is C55H106O8. The summed E-state index contributed by atoms with van der Waals surface area (Å²) in [4.78, 5) is 32.0. The van der Waals surface area contributed by atoms with Gasteiger partial charge in [-0.3, -0.25) is 14.4 Å². The Bertz CT molecular complexity index is 914. The first-order chi connectivity index (χ1) is 30.7. The molecule has 63 heavy (non-hydrogen) atoms. The molecule has 1 atom stereocenters. The van der Waals surface area contributed by atoms with Crippen molar-refractivity contribution in [3.8, 4) is 0 Å². The number of allylic oxidation sites excluding steroid dienone is 4. The van der Waals surface area contributed by atoms with Crippen molar-refractivity contribution in [3.63, 3.8) is 0 Å². The third-order valence-corrected chi connectivity index (χ3v) is 11.4. The number of carboxylic acids is 2. The molecule has 0 aromatic carbocycles. The predicted octanol–water partition coefficient (Wildman–Crippen LogP) is 16.6. The molecule has 0 aliphatic carbocycles. The normalized spacial score (nSPS) is 11.6. The molecular weight excluding hydrogens is 789 g/mol. The SMILES string of the molecule is CCCCCCCC/C=C\CCCCCCCC(=O)O.CCCCCCCC/C=C\CCCCCCCC(=O)O.CCCCCCCCCCCCCCCC(=O)OCC(O)CO. The molecule has 0 spiro atoms. The molecule has 0 saturated heterocycles. The monoisotopic (exact) mass is 895 g/mol. The van der Waals surface area contributed by atoms with Crippen LogP contribution < -0.4 is 0 Å². The van der Waals surface area contributed by atoms with Crippen LogP contribution in [-0.4, -0.2) is 57.7 Å². The molecule has 0 fully saturated rings. The highest BCUT2D eigenvalue weighted by Gasteiger charge is 2.07. The summed E-state index contributed by atoms with van der Waals surface area (Å²) in [7, 11) is 0. The van der Waals surface area contributed by atoms with Crippen molar-refractivity contribution in [2.24, 2.45) is 0 Å². The van der Waals surface area contributed by atoms with Crippen LogP contribution in [0.3, 0.4) is 0 Å². The molecule has 0 aromatic rings. The highest BCUT2D eigenvalue weighted by molar-refractivity contribution is 5.69. The van der Waals surface area contributed by atoms with E-state index >= 15 is 0 Å². The van der Waals surface area contributed by atoms with E-state index in [1.165, 1.54) is 212 Å². The first-order valence-corrected chi connectivity index (χ1v) is 26.9. The molecule has 0 heterocycles. The maximum absolute atomic E-state index is 11.3. The molecule has 0 amide bonds. The number of hydrogen-bond donors (Lipinski definition) is 4. The van der Waals surface area contributed by atoms with Crippen LogP contribution in [0.5, 0.6) is 0 Å². The Kier molecular flexibility index (Phi) is 61.8. The van der Waals surface area contributed by atoms with Gasteiger partial charge in [0.25, 0.3) is 0 Å². The molecule has 0 aliphatic heterocycles. The lowest BCUT2D eigenvalue weighted by atomic mass is 10.0. The summed E-state index contributed by atoms with van der Waals surface area (Å²) >= 11 is 0. The molecule has 374 valence electrons. The van der Waals surface area contributed by atoms with Gasteiger partial charge in [0.2, 0.25) is 0 Å². The number of hydrogen-bond acceptors (Lipinski definition) is 6. The molecule has 0 radical (unpaired) electrons. The number of carbonyl (C=O) groups is 3. The van der Waals surface area contributed by atoms with Crippen molar-refractivity contribution >= 4 is 17.9 Å². The first kappa shape index (κ1) is 65.1. The largest absolute Gasteiger partial charge is 0.481 e. The molecule has 8 nitrogen and oxygen atoms in total. The molecule has 0 aromatic heterocycles. The summed E-state index contributed by atoms with van der Waals surface area (Å²) in [5.41, 5.74) is 0. The van der Waals surface area contributed by atoms with Crippen LogP contribution in [0.25, 0.3) is 0 Å². The predicted molar refractivity (Wildman–Crippen MR) is 269 cm³/mol. The summed E-state index contributed by atoms with van der Waals surface area (Å²) in [5, 5.41) is 34.7. The van der Waals surface area contributed by atoms with Crippen LogP contribution in [0, 0.1) is 0 Å². The average molecular weight is 895 g/mol. The molecule has 0 bridgehead atoms. The van der Waals surface area contributed by atoms with Crippen molar-refractivity contribution in [2.45, 2.75) is 297 Å². The van der Waals surface area contributed by atoms with E-state index in [1.54, 1.807) is 0 Å². The quantitative estimate of drug-likeness (QED) is 0.0269. The second-order valence-corrected chi connectivity index (χ2v) is 18.0. The number of esters is 1.